The summed E-state index contributed by atoms with van der Waals surface area (Å²) in [5.41, 5.74) is 2.12. The van der Waals surface area contributed by atoms with Crippen molar-refractivity contribution in [2.45, 2.75) is 66.5 Å². The van der Waals surface area contributed by atoms with E-state index in [0.717, 1.165) is 30.3 Å². The van der Waals surface area contributed by atoms with E-state index in [1.165, 1.54) is 12.8 Å². The van der Waals surface area contributed by atoms with Crippen LogP contribution in [0.3, 0.4) is 0 Å². The van der Waals surface area contributed by atoms with Crippen LogP contribution in [-0.4, -0.2) is 17.1 Å². The Morgan fingerprint density at radius 1 is 1.30 bits per heavy atom. The van der Waals surface area contributed by atoms with Crippen LogP contribution in [0.1, 0.15) is 58.8 Å². The minimum atomic E-state index is 0.0815. The summed E-state index contributed by atoms with van der Waals surface area (Å²) in [5.74, 6) is 1.50. The van der Waals surface area contributed by atoms with E-state index in [-0.39, 0.29) is 5.54 Å². The number of aromatic nitrogens is 1. The van der Waals surface area contributed by atoms with Crippen LogP contribution >= 0.6 is 0 Å². The molecule has 0 spiro atoms. The zero-order valence-corrected chi connectivity index (χ0v) is 13.9. The molecule has 0 saturated carbocycles. The highest BCUT2D eigenvalue weighted by Crippen LogP contribution is 2.19. The van der Waals surface area contributed by atoms with Crippen molar-refractivity contribution in [2.75, 3.05) is 6.61 Å². The SMILES string of the molecule is CCCC(C)COc1ccc(C)nc1CNC(C)(C)C. The summed E-state index contributed by atoms with van der Waals surface area (Å²) in [5, 5.41) is 3.48. The number of nitrogens with one attached hydrogen (secondary N) is 1. The number of nitrogens with zero attached hydrogens (tertiary/aromatic N) is 1. The van der Waals surface area contributed by atoms with Crippen molar-refractivity contribution in [2.24, 2.45) is 5.92 Å². The van der Waals surface area contributed by atoms with E-state index in [4.69, 9.17) is 4.74 Å². The van der Waals surface area contributed by atoms with E-state index in [1.807, 2.05) is 19.1 Å². The van der Waals surface area contributed by atoms with Gasteiger partial charge in [-0.25, -0.2) is 0 Å². The Kier molecular flexibility index (Phi) is 6.47. The number of ether oxygens (including phenoxy) is 1. The fourth-order valence-corrected chi connectivity index (χ4v) is 2.01. The van der Waals surface area contributed by atoms with Crippen molar-refractivity contribution >= 4 is 0 Å². The standard InChI is InChI=1S/C17H30N2O/c1-7-8-13(2)12-20-16-10-9-14(3)19-15(16)11-18-17(4,5)6/h9-10,13,18H,7-8,11-12H2,1-6H3. The Hall–Kier alpha value is -1.09. The molecule has 0 fully saturated rings. The molecule has 0 saturated heterocycles. The largest absolute Gasteiger partial charge is 0.491 e. The van der Waals surface area contributed by atoms with E-state index >= 15 is 0 Å². The molecule has 3 heteroatoms. The number of hydrogen-bond donors (Lipinski definition) is 1. The van der Waals surface area contributed by atoms with Crippen LogP contribution in [0.15, 0.2) is 12.1 Å². The molecule has 0 aliphatic heterocycles. The number of aryl methyl sites for hydroxylation is 1. The first-order valence-corrected chi connectivity index (χ1v) is 7.66. The van der Waals surface area contributed by atoms with Gasteiger partial charge in [0, 0.05) is 17.8 Å². The van der Waals surface area contributed by atoms with Crippen molar-refractivity contribution in [3.05, 3.63) is 23.5 Å². The van der Waals surface area contributed by atoms with Gasteiger partial charge >= 0.3 is 0 Å². The van der Waals surface area contributed by atoms with Crippen molar-refractivity contribution in [1.29, 1.82) is 0 Å². The molecule has 1 N–H and O–H groups in total. The highest BCUT2D eigenvalue weighted by atomic mass is 16.5. The lowest BCUT2D eigenvalue weighted by molar-refractivity contribution is 0.247. The summed E-state index contributed by atoms with van der Waals surface area (Å²) < 4.78 is 5.97. The first-order chi connectivity index (χ1) is 9.31. The van der Waals surface area contributed by atoms with Gasteiger partial charge in [0.05, 0.1) is 12.3 Å². The molecule has 1 rings (SSSR count). The average Bonchev–Trinajstić information content (AvgIpc) is 2.34. The monoisotopic (exact) mass is 278 g/mol. The van der Waals surface area contributed by atoms with Gasteiger partial charge in [0.1, 0.15) is 5.75 Å². The second-order valence-corrected chi connectivity index (χ2v) is 6.71. The summed E-state index contributed by atoms with van der Waals surface area (Å²) in [6, 6.07) is 4.06. The molecular weight excluding hydrogens is 248 g/mol. The molecule has 1 atom stereocenters. The van der Waals surface area contributed by atoms with Gasteiger partial charge in [0.15, 0.2) is 0 Å². The topological polar surface area (TPSA) is 34.1 Å². The summed E-state index contributed by atoms with van der Waals surface area (Å²) in [7, 11) is 0. The van der Waals surface area contributed by atoms with Gasteiger partial charge in [-0.2, -0.15) is 0 Å². The third kappa shape index (κ3) is 6.38. The fourth-order valence-electron chi connectivity index (χ4n) is 2.01. The first-order valence-electron chi connectivity index (χ1n) is 7.66. The predicted octanol–water partition coefficient (Wildman–Crippen LogP) is 4.09. The Morgan fingerprint density at radius 3 is 2.60 bits per heavy atom. The van der Waals surface area contributed by atoms with Crippen LogP contribution < -0.4 is 10.1 Å². The summed E-state index contributed by atoms with van der Waals surface area (Å²) in [4.78, 5) is 4.61. The minimum Gasteiger partial charge on any atom is -0.491 e. The van der Waals surface area contributed by atoms with Crippen LogP contribution in [0.25, 0.3) is 0 Å². The minimum absolute atomic E-state index is 0.0815. The van der Waals surface area contributed by atoms with Gasteiger partial charge < -0.3 is 10.1 Å². The normalized spacial score (nSPS) is 13.3. The van der Waals surface area contributed by atoms with Gasteiger partial charge in [-0.3, -0.25) is 4.98 Å². The number of pyridine rings is 1. The summed E-state index contributed by atoms with van der Waals surface area (Å²) >= 11 is 0. The highest BCUT2D eigenvalue weighted by Gasteiger charge is 2.13. The molecule has 0 aliphatic carbocycles. The van der Waals surface area contributed by atoms with Crippen LogP contribution in [0, 0.1) is 12.8 Å². The molecule has 3 nitrogen and oxygen atoms in total. The first kappa shape index (κ1) is 17.0. The van der Waals surface area contributed by atoms with Crippen LogP contribution in [0.5, 0.6) is 5.75 Å². The molecule has 0 bridgehead atoms. The number of hydrogen-bond acceptors (Lipinski definition) is 3. The lowest BCUT2D eigenvalue weighted by atomic mass is 10.1. The molecule has 20 heavy (non-hydrogen) atoms. The molecule has 1 unspecified atom stereocenters. The zero-order chi connectivity index (χ0) is 15.2. The van der Waals surface area contributed by atoms with Crippen molar-refractivity contribution in [1.82, 2.24) is 10.3 Å². The van der Waals surface area contributed by atoms with Crippen LogP contribution in [0.4, 0.5) is 0 Å². The maximum Gasteiger partial charge on any atom is 0.142 e. The van der Waals surface area contributed by atoms with E-state index in [9.17, 15) is 0 Å². The Bertz CT molecular complexity index is 410. The lowest BCUT2D eigenvalue weighted by Crippen LogP contribution is -2.35. The van der Waals surface area contributed by atoms with E-state index in [1.54, 1.807) is 0 Å². The summed E-state index contributed by atoms with van der Waals surface area (Å²) in [6.45, 7) is 14.4. The zero-order valence-electron chi connectivity index (χ0n) is 13.9. The molecule has 114 valence electrons. The molecule has 1 aromatic heterocycles. The molecule has 1 heterocycles. The smallest absolute Gasteiger partial charge is 0.142 e. The Labute approximate surface area is 124 Å². The van der Waals surface area contributed by atoms with E-state index < -0.39 is 0 Å². The van der Waals surface area contributed by atoms with Crippen LogP contribution in [0.2, 0.25) is 0 Å². The van der Waals surface area contributed by atoms with Gasteiger partial charge in [0.25, 0.3) is 0 Å². The Balaban J connectivity index is 2.69. The second kappa shape index (κ2) is 7.63. The van der Waals surface area contributed by atoms with Crippen molar-refractivity contribution in [3.8, 4) is 5.75 Å². The van der Waals surface area contributed by atoms with Crippen molar-refractivity contribution in [3.63, 3.8) is 0 Å². The highest BCUT2D eigenvalue weighted by molar-refractivity contribution is 5.29. The fraction of sp³-hybridized carbons (Fsp3) is 0.706. The maximum absolute atomic E-state index is 5.97. The molecule has 0 radical (unpaired) electrons. The summed E-state index contributed by atoms with van der Waals surface area (Å²) in [6.07, 6.45) is 2.41. The quantitative estimate of drug-likeness (QED) is 0.815. The van der Waals surface area contributed by atoms with E-state index in [0.29, 0.717) is 5.92 Å². The van der Waals surface area contributed by atoms with Gasteiger partial charge in [-0.1, -0.05) is 20.3 Å². The average molecular weight is 278 g/mol. The number of rotatable bonds is 7. The van der Waals surface area contributed by atoms with Gasteiger partial charge in [0.2, 0.25) is 0 Å². The van der Waals surface area contributed by atoms with Crippen molar-refractivity contribution < 1.29 is 4.74 Å². The molecular formula is C17H30N2O. The van der Waals surface area contributed by atoms with Gasteiger partial charge in [-0.05, 0) is 52.2 Å². The molecule has 1 aromatic rings. The van der Waals surface area contributed by atoms with Crippen LogP contribution in [-0.2, 0) is 6.54 Å². The Morgan fingerprint density at radius 2 is 2.00 bits per heavy atom. The molecule has 0 amide bonds. The van der Waals surface area contributed by atoms with E-state index in [2.05, 4.69) is 44.9 Å². The van der Waals surface area contributed by atoms with Gasteiger partial charge in [-0.15, -0.1) is 0 Å². The lowest BCUT2D eigenvalue weighted by Gasteiger charge is -2.22. The second-order valence-electron chi connectivity index (χ2n) is 6.71. The predicted molar refractivity (Wildman–Crippen MR) is 85.1 cm³/mol. The maximum atomic E-state index is 5.97. The molecule has 0 aliphatic rings. The molecule has 0 aromatic carbocycles. The third-order valence-corrected chi connectivity index (χ3v) is 3.16. The third-order valence-electron chi connectivity index (χ3n) is 3.16.